The number of rotatable bonds is 6. The Morgan fingerprint density at radius 3 is 2.39 bits per heavy atom. The van der Waals surface area contributed by atoms with E-state index in [1.165, 1.54) is 6.21 Å². The van der Waals surface area contributed by atoms with Crippen LogP contribution in [0.25, 0.3) is 0 Å². The van der Waals surface area contributed by atoms with Crippen LogP contribution in [0.4, 0.5) is 9.59 Å². The summed E-state index contributed by atoms with van der Waals surface area (Å²) >= 11 is 0. The molecule has 0 aromatic heterocycles. The molecule has 1 aliphatic rings. The van der Waals surface area contributed by atoms with Gasteiger partial charge < -0.3 is 20.1 Å². The average molecular weight is 391 g/mol. The maximum Gasteiger partial charge on any atom is 0.410 e. The van der Waals surface area contributed by atoms with Crippen molar-refractivity contribution in [3.8, 4) is 5.75 Å². The molecule has 1 saturated heterocycles. The highest BCUT2D eigenvalue weighted by Crippen LogP contribution is 2.13. The smallest absolute Gasteiger partial charge is 0.410 e. The third-order valence-electron chi connectivity index (χ3n) is 3.97. The van der Waals surface area contributed by atoms with Crippen molar-refractivity contribution < 1.29 is 19.1 Å². The highest BCUT2D eigenvalue weighted by atomic mass is 16.6. The minimum absolute atomic E-state index is 0.252. The van der Waals surface area contributed by atoms with Crippen LogP contribution in [0.1, 0.15) is 26.3 Å². The molecule has 3 N–H and O–H groups in total. The quantitative estimate of drug-likeness (QED) is 0.566. The Hall–Kier alpha value is -2.81. The van der Waals surface area contributed by atoms with Crippen molar-refractivity contribution in [2.24, 2.45) is 10.8 Å². The number of carbonyl (C=O) groups is 2. The van der Waals surface area contributed by atoms with E-state index in [1.807, 2.05) is 45.0 Å². The second-order valence-electron chi connectivity index (χ2n) is 7.46. The van der Waals surface area contributed by atoms with Gasteiger partial charge in [0.25, 0.3) is 0 Å². The summed E-state index contributed by atoms with van der Waals surface area (Å²) < 4.78 is 11.2. The lowest BCUT2D eigenvalue weighted by molar-refractivity contribution is 0.0137. The summed E-state index contributed by atoms with van der Waals surface area (Å²) in [5.74, 6) is 0.757. The predicted octanol–water partition coefficient (Wildman–Crippen LogP) is 1.62. The first-order valence-corrected chi connectivity index (χ1v) is 9.24. The van der Waals surface area contributed by atoms with Crippen LogP contribution >= 0.6 is 0 Å². The van der Waals surface area contributed by atoms with E-state index in [1.54, 1.807) is 4.90 Å². The van der Waals surface area contributed by atoms with Gasteiger partial charge in [0, 0.05) is 32.7 Å². The largest absolute Gasteiger partial charge is 0.492 e. The van der Waals surface area contributed by atoms with Gasteiger partial charge in [0.1, 0.15) is 18.0 Å². The van der Waals surface area contributed by atoms with Gasteiger partial charge in [-0.25, -0.2) is 15.0 Å². The molecule has 1 heterocycles. The summed E-state index contributed by atoms with van der Waals surface area (Å²) in [5, 5.41) is 3.70. The van der Waals surface area contributed by atoms with Crippen LogP contribution < -0.4 is 15.9 Å². The first kappa shape index (κ1) is 21.5. The van der Waals surface area contributed by atoms with Crippen molar-refractivity contribution in [2.75, 3.05) is 39.3 Å². The molecule has 0 saturated carbocycles. The number of primary amides is 1. The summed E-state index contributed by atoms with van der Waals surface area (Å²) in [5.41, 5.74) is 7.42. The van der Waals surface area contributed by atoms with Gasteiger partial charge in [-0.1, -0.05) is 0 Å². The average Bonchev–Trinajstić information content (AvgIpc) is 2.62. The van der Waals surface area contributed by atoms with E-state index < -0.39 is 11.6 Å². The van der Waals surface area contributed by atoms with Gasteiger partial charge in [0.15, 0.2) is 0 Å². The van der Waals surface area contributed by atoms with Crippen LogP contribution in [0.2, 0.25) is 0 Å². The van der Waals surface area contributed by atoms with E-state index in [9.17, 15) is 9.59 Å². The fourth-order valence-electron chi connectivity index (χ4n) is 2.59. The number of hydrogen-bond donors (Lipinski definition) is 2. The third kappa shape index (κ3) is 7.83. The highest BCUT2D eigenvalue weighted by Gasteiger charge is 2.25. The molecule has 0 spiro atoms. The van der Waals surface area contributed by atoms with Crippen molar-refractivity contribution in [1.29, 1.82) is 0 Å². The van der Waals surface area contributed by atoms with Gasteiger partial charge in [-0.3, -0.25) is 4.90 Å². The van der Waals surface area contributed by atoms with Crippen molar-refractivity contribution in [2.45, 2.75) is 26.4 Å². The molecular formula is C19H29N5O4. The van der Waals surface area contributed by atoms with Gasteiger partial charge >= 0.3 is 12.1 Å². The Labute approximate surface area is 165 Å². The molecule has 28 heavy (non-hydrogen) atoms. The van der Waals surface area contributed by atoms with Crippen LogP contribution in [0.5, 0.6) is 5.75 Å². The molecule has 154 valence electrons. The van der Waals surface area contributed by atoms with Crippen LogP contribution in [0.15, 0.2) is 29.4 Å². The molecular weight excluding hydrogens is 362 g/mol. The minimum Gasteiger partial charge on any atom is -0.492 e. The topological polar surface area (TPSA) is 109 Å². The minimum atomic E-state index is -0.705. The van der Waals surface area contributed by atoms with E-state index in [-0.39, 0.29) is 6.09 Å². The monoisotopic (exact) mass is 391 g/mol. The number of nitrogens with one attached hydrogen (secondary N) is 1. The summed E-state index contributed by atoms with van der Waals surface area (Å²) in [6.07, 6.45) is 1.25. The normalized spacial score (nSPS) is 15.5. The van der Waals surface area contributed by atoms with Crippen LogP contribution in [0.3, 0.4) is 0 Å². The molecule has 9 heteroatoms. The fraction of sp³-hybridized carbons (Fsp3) is 0.526. The molecule has 9 nitrogen and oxygen atoms in total. The molecule has 3 amide bonds. The van der Waals surface area contributed by atoms with E-state index in [2.05, 4.69) is 15.4 Å². The lowest BCUT2D eigenvalue weighted by Gasteiger charge is -2.35. The number of hydrazone groups is 1. The van der Waals surface area contributed by atoms with Gasteiger partial charge in [0.05, 0.1) is 6.21 Å². The first-order chi connectivity index (χ1) is 13.2. The van der Waals surface area contributed by atoms with Crippen molar-refractivity contribution >= 4 is 18.3 Å². The number of urea groups is 1. The van der Waals surface area contributed by atoms with E-state index in [0.717, 1.165) is 30.9 Å². The number of nitrogens with two attached hydrogens (primary N) is 1. The van der Waals surface area contributed by atoms with Gasteiger partial charge in [0.2, 0.25) is 0 Å². The molecule has 1 aromatic rings. The second kappa shape index (κ2) is 9.93. The Bertz CT molecular complexity index is 677. The molecule has 1 aliphatic heterocycles. The molecule has 0 unspecified atom stereocenters. The molecule has 0 atom stereocenters. The SMILES string of the molecule is CC(C)(C)OC(=O)N1CCN(CCOc2ccc(C=NNC(N)=O)cc2)CC1. The fourth-order valence-corrected chi connectivity index (χ4v) is 2.59. The Morgan fingerprint density at radius 1 is 1.18 bits per heavy atom. The van der Waals surface area contributed by atoms with Crippen molar-refractivity contribution in [3.63, 3.8) is 0 Å². The number of benzene rings is 1. The molecule has 0 radical (unpaired) electrons. The third-order valence-corrected chi connectivity index (χ3v) is 3.97. The number of hydrogen-bond acceptors (Lipinski definition) is 6. The molecule has 0 bridgehead atoms. The molecule has 2 rings (SSSR count). The standard InChI is InChI=1S/C19H29N5O4/c1-19(2,3)28-18(26)24-10-8-23(9-11-24)12-13-27-16-6-4-15(5-7-16)14-21-22-17(20)25/h4-7,14H,8-13H2,1-3H3,(H3,20,22,25). The summed E-state index contributed by atoms with van der Waals surface area (Å²) in [7, 11) is 0. The number of amides is 3. The summed E-state index contributed by atoms with van der Waals surface area (Å²) in [6, 6.07) is 6.64. The zero-order valence-electron chi connectivity index (χ0n) is 16.7. The zero-order valence-corrected chi connectivity index (χ0v) is 16.7. The number of nitrogens with zero attached hydrogens (tertiary/aromatic N) is 3. The van der Waals surface area contributed by atoms with Crippen LogP contribution in [-0.4, -0.2) is 73.1 Å². The van der Waals surface area contributed by atoms with E-state index >= 15 is 0 Å². The maximum atomic E-state index is 12.1. The second-order valence-corrected chi connectivity index (χ2v) is 7.46. The first-order valence-electron chi connectivity index (χ1n) is 9.24. The van der Waals surface area contributed by atoms with Gasteiger partial charge in [-0.05, 0) is 50.6 Å². The lowest BCUT2D eigenvalue weighted by Crippen LogP contribution is -2.50. The predicted molar refractivity (Wildman–Crippen MR) is 106 cm³/mol. The van der Waals surface area contributed by atoms with Crippen molar-refractivity contribution in [1.82, 2.24) is 15.2 Å². The number of ether oxygens (including phenoxy) is 2. The summed E-state index contributed by atoms with van der Waals surface area (Å²) in [6.45, 7) is 9.86. The Balaban J connectivity index is 1.67. The van der Waals surface area contributed by atoms with E-state index in [4.69, 9.17) is 15.2 Å². The number of piperazine rings is 1. The molecule has 0 aliphatic carbocycles. The van der Waals surface area contributed by atoms with Gasteiger partial charge in [-0.2, -0.15) is 5.10 Å². The zero-order chi connectivity index (χ0) is 20.6. The lowest BCUT2D eigenvalue weighted by atomic mass is 10.2. The Kier molecular flexibility index (Phi) is 7.62. The van der Waals surface area contributed by atoms with Crippen molar-refractivity contribution in [3.05, 3.63) is 29.8 Å². The van der Waals surface area contributed by atoms with Crippen LogP contribution in [0, 0.1) is 0 Å². The number of carbonyl (C=O) groups excluding carboxylic acids is 2. The Morgan fingerprint density at radius 2 is 1.82 bits per heavy atom. The highest BCUT2D eigenvalue weighted by molar-refractivity contribution is 5.81. The van der Waals surface area contributed by atoms with E-state index in [0.29, 0.717) is 19.7 Å². The molecule has 1 aromatic carbocycles. The summed E-state index contributed by atoms with van der Waals surface area (Å²) in [4.78, 5) is 26.6. The van der Waals surface area contributed by atoms with Crippen LogP contribution in [-0.2, 0) is 4.74 Å². The van der Waals surface area contributed by atoms with Gasteiger partial charge in [-0.15, -0.1) is 0 Å². The maximum absolute atomic E-state index is 12.1. The molecule has 1 fully saturated rings.